The van der Waals surface area contributed by atoms with Gasteiger partial charge in [0, 0.05) is 123 Å². The number of nitrogens with one attached hydrogen (secondary N) is 4. The number of hydrogen-bond acceptors (Lipinski definition) is 53. The van der Waals surface area contributed by atoms with E-state index >= 15 is 0 Å². The van der Waals surface area contributed by atoms with Gasteiger partial charge in [0.2, 0.25) is 0 Å². The minimum Gasteiger partial charge on any atom is -0.780 e. The predicted octanol–water partition coefficient (Wildman–Crippen LogP) is -2.83. The van der Waals surface area contributed by atoms with Gasteiger partial charge in [-0.1, -0.05) is 77.8 Å². The summed E-state index contributed by atoms with van der Waals surface area (Å²) in [5.74, 6) is -0.256. The van der Waals surface area contributed by atoms with Gasteiger partial charge in [0.05, 0.1) is 94.8 Å². The van der Waals surface area contributed by atoms with E-state index in [1.807, 2.05) is 0 Å². The topological polar surface area (TPSA) is 760 Å². The van der Waals surface area contributed by atoms with Gasteiger partial charge in [-0.05, 0) is 48.0 Å². The molecule has 7 fully saturated rings. The number of aryl methyl sites for hydroxylation is 6. The summed E-state index contributed by atoms with van der Waals surface area (Å²) >= 11 is 37.8. The normalized spacial score (nSPS) is 29.7. The summed E-state index contributed by atoms with van der Waals surface area (Å²) in [4.78, 5) is 245. The van der Waals surface area contributed by atoms with E-state index in [9.17, 15) is 81.9 Å². The highest BCUT2D eigenvalue weighted by Gasteiger charge is 2.49. The molecule has 57 nitrogen and oxygen atoms in total. The molecule has 8 aromatic rings. The molecule has 786 valence electrons. The quantitative estimate of drug-likeness (QED) is 0.0150. The fourth-order valence-corrected chi connectivity index (χ4v) is 26.1. The second-order valence-electron chi connectivity index (χ2n) is 33.6. The zero-order chi connectivity index (χ0) is 104. The summed E-state index contributed by atoms with van der Waals surface area (Å²) in [6.07, 6.45) is -21.8. The Bertz CT molecular complexity index is 7180. The van der Waals surface area contributed by atoms with E-state index in [0.29, 0.717) is 5.56 Å². The van der Waals surface area contributed by atoms with Crippen LogP contribution >= 0.6 is 47.1 Å². The molecule has 7 saturated heterocycles. The Balaban J connectivity index is 0.634. The van der Waals surface area contributed by atoms with Gasteiger partial charge < -0.3 is 155 Å². The zero-order valence-electron chi connectivity index (χ0n) is 75.7. The van der Waals surface area contributed by atoms with Crippen LogP contribution in [-0.4, -0.2) is 209 Å². The number of nitrogens with two attached hydrogens (primary N) is 3. The lowest BCUT2D eigenvalue weighted by atomic mass is 10.1. The highest BCUT2D eigenvalue weighted by Crippen LogP contribution is 2.57. The molecule has 0 spiro atoms. The molecule has 14 unspecified atom stereocenters. The Morgan fingerprint density at radius 1 is 0.364 bits per heavy atom. The maximum atomic E-state index is 14.9. The third kappa shape index (κ3) is 26.9. The number of nitrogens with zero attached hydrogens (tertiary/aromatic N) is 12. The van der Waals surface area contributed by atoms with Crippen molar-refractivity contribution >= 4 is 159 Å². The molecule has 0 aliphatic carbocycles. The van der Waals surface area contributed by atoms with Crippen LogP contribution in [-0.2, 0) is 184 Å². The molecule has 0 amide bonds. The SMILES string of the molecule is CC[C@H]1O[C@@H](n2cc(C)c(=O)[nH]c2=O)CC1OP([O-])(=S)OC[C@H]1O[C@@H](n2cc(C)c(=O)[nH]c2=O)CC1OP(=O)([S-])OC[C@H]1O[C@@H](n2cc(C)c(N)nc2=O)CC1OP([O-])(=S)OC[C@H]1O[C@@H](n2cc(C)c(=O)[nH]c2=O)CC1OP([O-])(=S)OC[C@H]1O[C@@H](n2cc(C)c(=O)[nH]c2=O)CC1OP([O-])(=S)OC[C@H]1O[C@@H](n2cnc3c(N)ncnc32)CC1OP([O-])(=S)OC[C@H]1O[C@@H](n2cc(C)c(N)nc2=O)CC1OP([O-])(=S)OC. The first kappa shape index (κ1) is 111. The lowest BCUT2D eigenvalue weighted by molar-refractivity contribution is -0.221. The number of nitrogen functional groups attached to an aromatic ring is 3. The van der Waals surface area contributed by atoms with E-state index in [1.54, 1.807) is 13.8 Å². The second-order valence-corrected chi connectivity index (χ2v) is 52.6. The number of fused-ring (bicyclic) bond motifs is 1. The van der Waals surface area contributed by atoms with E-state index in [0.717, 1.165) is 59.4 Å². The molecule has 7 aliphatic rings. The maximum Gasteiger partial charge on any atom is 0.351 e. The Morgan fingerprint density at radius 3 is 0.909 bits per heavy atom. The molecular weight excluding hydrogens is 2180 g/mol. The summed E-state index contributed by atoms with van der Waals surface area (Å²) in [6, 6.07) is 0. The molecule has 10 N–H and O–H groups in total. The van der Waals surface area contributed by atoms with Gasteiger partial charge in [-0.15, -0.1) is 0 Å². The van der Waals surface area contributed by atoms with Crippen molar-refractivity contribution in [2.75, 3.05) is 64.0 Å². The van der Waals surface area contributed by atoms with Crippen molar-refractivity contribution in [3.63, 3.8) is 0 Å². The van der Waals surface area contributed by atoms with Gasteiger partial charge in [0.25, 0.3) is 22.2 Å². The van der Waals surface area contributed by atoms with Gasteiger partial charge in [-0.2, -0.15) is 9.97 Å². The minimum absolute atomic E-state index is 0.000931. The second kappa shape index (κ2) is 44.8. The summed E-state index contributed by atoms with van der Waals surface area (Å²) in [6.45, 7) is -28.6. The molecule has 28 atom stereocenters. The van der Waals surface area contributed by atoms with Crippen molar-refractivity contribution in [3.05, 3.63) is 188 Å². The number of aromatic nitrogens is 16. The van der Waals surface area contributed by atoms with Crippen LogP contribution in [0.15, 0.2) is 97.8 Å². The number of rotatable bonds is 41. The molecule has 0 radical (unpaired) electrons. The first-order chi connectivity index (χ1) is 67.1. The lowest BCUT2D eigenvalue weighted by Gasteiger charge is -2.36. The third-order valence-corrected chi connectivity index (χ3v) is 34.7. The first-order valence-electron chi connectivity index (χ1n) is 43.0. The molecule has 143 heavy (non-hydrogen) atoms. The number of hydrogen-bond donors (Lipinski definition) is 7. The van der Waals surface area contributed by atoms with Crippen molar-refractivity contribution in [3.8, 4) is 0 Å². The zero-order valence-corrected chi connectivity index (χ0v) is 87.7. The van der Waals surface area contributed by atoms with Gasteiger partial charge in [-0.25, -0.2) is 43.7 Å². The van der Waals surface area contributed by atoms with Gasteiger partial charge in [0.15, 0.2) is 18.3 Å². The Labute approximate surface area is 841 Å². The average molecular weight is 2270 g/mol. The van der Waals surface area contributed by atoms with Crippen LogP contribution in [0, 0.1) is 41.5 Å². The molecular formula is C72H91N19O38P7S7-7. The molecule has 8 aromatic heterocycles. The maximum absolute atomic E-state index is 14.9. The Hall–Kier alpha value is -6.17. The molecule has 15 heterocycles. The van der Waals surface area contributed by atoms with Crippen molar-refractivity contribution in [2.45, 2.75) is 229 Å². The number of ether oxygens (including phenoxy) is 7. The number of H-pyrrole nitrogens is 4. The lowest BCUT2D eigenvalue weighted by Crippen LogP contribution is -2.34. The van der Waals surface area contributed by atoms with Crippen LogP contribution in [0.5, 0.6) is 0 Å². The molecule has 0 aromatic carbocycles. The molecule has 0 saturated carbocycles. The highest BCUT2D eigenvalue weighted by atomic mass is 32.7. The van der Waals surface area contributed by atoms with Crippen LogP contribution in [0.2, 0.25) is 0 Å². The number of aromatic amines is 4. The van der Waals surface area contributed by atoms with Crippen LogP contribution in [0.1, 0.15) is 135 Å². The van der Waals surface area contributed by atoms with Gasteiger partial charge in [0.1, 0.15) is 144 Å². The smallest absolute Gasteiger partial charge is 0.351 e. The third-order valence-electron chi connectivity index (χ3n) is 23.6. The predicted molar refractivity (Wildman–Crippen MR) is 507 cm³/mol. The molecule has 0 bridgehead atoms. The fraction of sp³-hybridized carbons (Fsp3) is 0.597. The average Bonchev–Trinajstić information content (AvgIpc) is 1.36. The highest BCUT2D eigenvalue weighted by molar-refractivity contribution is 8.32. The standard InChI is InChI=1S/C72H98N19O38P7S7/c1-9-37-38(10-51(116-37)87-19-33(4)63(92)81-69(87)98)124-131(103,138)110-24-47-41(13-54(119-47)88-20-34(5)64(93)82-70(88)99)126-133(105,140)112-25-46-40(12-53(118-46)86-18-32(3)60(74)80-68(86)97)125-132(104,139)113-26-48-42(14-55(120-48)89-21-35(6)65(94)83-71(89)100)127-134(106,141)114-27-49-43(15-56(121-49)90-22-36(7)66(95)84-72(90)101)128-135(107,142)115-28-50-44(16-57(122-50)91-30-78-58-61(75)76-29-77-62(58)91)129-136(108,143)111-23-45-39(123-130(102,137)109-8)11-52(117-45)85-17-31(2)59(73)79-67(85)96/h17-22,29-30,37-57H,9-16,23-28H2,1-8H3,(H,102,137)(H,103,138)(H,104,139)(H,105,140)(H,106,141)(H,107,142)(H,108,143)(H2,73,79,96)(H2,74,80,97)(H2,75,76,77)(H,81,92,98)(H,82,93,99)(H,83,94,100)(H,84,95,101)/p-7/t37-,38?,39?,40?,41?,42?,43?,44?,45-,46-,47-,48-,49-,50-,51-,52-,53-,54-,55-,56-,57-,130?,131?,132?,133?,134?,135?,136?/m1/s1. The van der Waals surface area contributed by atoms with Crippen molar-refractivity contribution in [2.24, 2.45) is 0 Å². The Morgan fingerprint density at radius 2 is 0.615 bits per heavy atom. The van der Waals surface area contributed by atoms with E-state index < -0.39 is 298 Å². The number of anilines is 3. The largest absolute Gasteiger partial charge is 0.780 e. The Kier molecular flexibility index (Phi) is 34.7. The van der Waals surface area contributed by atoms with Crippen LogP contribution in [0.4, 0.5) is 17.5 Å². The molecule has 15 rings (SSSR count). The molecule has 7 aliphatic heterocycles. The van der Waals surface area contributed by atoms with E-state index in [1.165, 1.54) is 64.1 Å². The van der Waals surface area contributed by atoms with Crippen molar-refractivity contribution in [1.29, 1.82) is 0 Å². The van der Waals surface area contributed by atoms with Crippen LogP contribution in [0.3, 0.4) is 0 Å². The van der Waals surface area contributed by atoms with Gasteiger partial charge in [-0.3, -0.25) is 75.6 Å². The minimum atomic E-state index is -5.09. The van der Waals surface area contributed by atoms with Crippen molar-refractivity contribution < 1.29 is 130 Å². The van der Waals surface area contributed by atoms with E-state index in [4.69, 9.17) is 197 Å². The van der Waals surface area contributed by atoms with Crippen LogP contribution < -0.4 is 103 Å². The summed E-state index contributed by atoms with van der Waals surface area (Å²) in [5, 5.41) is 0. The summed E-state index contributed by atoms with van der Waals surface area (Å²) in [5.41, 5.74) is 10.6. The van der Waals surface area contributed by atoms with E-state index in [-0.39, 0.29) is 82.1 Å². The summed E-state index contributed by atoms with van der Waals surface area (Å²) < 4.78 is 147. The first-order valence-corrected chi connectivity index (χ1v) is 60.9. The van der Waals surface area contributed by atoms with Crippen molar-refractivity contribution in [1.82, 2.24) is 76.8 Å². The van der Waals surface area contributed by atoms with E-state index in [2.05, 4.69) is 44.9 Å². The monoisotopic (exact) mass is 2270 g/mol. The van der Waals surface area contributed by atoms with Crippen LogP contribution in [0.25, 0.3) is 11.2 Å². The number of imidazole rings is 1. The fourth-order valence-electron chi connectivity index (χ4n) is 16.4. The summed E-state index contributed by atoms with van der Waals surface area (Å²) in [7, 11) is 1.03. The molecule has 71 heteroatoms. The van der Waals surface area contributed by atoms with Gasteiger partial charge >= 0.3 is 34.1 Å².